The van der Waals surface area contributed by atoms with Crippen molar-refractivity contribution >= 4 is 10.0 Å². The predicted molar refractivity (Wildman–Crippen MR) is 66.8 cm³/mol. The molecule has 2 rings (SSSR count). The van der Waals surface area contributed by atoms with Crippen LogP contribution in [-0.2, 0) is 19.5 Å². The molecule has 0 aromatic heterocycles. The van der Waals surface area contributed by atoms with Crippen LogP contribution in [0.2, 0.25) is 0 Å². The number of nitrogens with zero attached hydrogens (tertiary/aromatic N) is 1. The van der Waals surface area contributed by atoms with Crippen molar-refractivity contribution in [1.82, 2.24) is 4.31 Å². The molecule has 1 aliphatic rings. The minimum Gasteiger partial charge on any atom is -0.377 e. The van der Waals surface area contributed by atoms with E-state index in [4.69, 9.17) is 9.47 Å². The van der Waals surface area contributed by atoms with Crippen molar-refractivity contribution in [2.24, 2.45) is 0 Å². The van der Waals surface area contributed by atoms with E-state index in [2.05, 4.69) is 0 Å². The molecule has 7 heteroatoms. The lowest BCUT2D eigenvalue weighted by molar-refractivity contribution is -0.00461. The van der Waals surface area contributed by atoms with Crippen LogP contribution < -0.4 is 0 Å². The van der Waals surface area contributed by atoms with E-state index in [-0.39, 0.29) is 30.2 Å². The van der Waals surface area contributed by atoms with Crippen LogP contribution in [0.15, 0.2) is 29.2 Å². The number of ether oxygens (including phenoxy) is 2. The highest BCUT2D eigenvalue weighted by atomic mass is 32.2. The minimum absolute atomic E-state index is 0.158. The van der Waals surface area contributed by atoms with Crippen molar-refractivity contribution in [1.29, 1.82) is 0 Å². The smallest absolute Gasteiger partial charge is 0.246 e. The summed E-state index contributed by atoms with van der Waals surface area (Å²) in [5.41, 5.74) is 0. The molecule has 0 bridgehead atoms. The number of sulfonamides is 1. The molecule has 1 aromatic carbocycles. The maximum atomic E-state index is 13.6. The van der Waals surface area contributed by atoms with Crippen LogP contribution in [0.3, 0.4) is 0 Å². The lowest BCUT2D eigenvalue weighted by Crippen LogP contribution is -2.30. The Morgan fingerprint density at radius 3 is 2.16 bits per heavy atom. The van der Waals surface area contributed by atoms with Crippen molar-refractivity contribution in [3.63, 3.8) is 0 Å². The first-order valence-corrected chi connectivity index (χ1v) is 7.25. The maximum Gasteiger partial charge on any atom is 0.246 e. The first-order chi connectivity index (χ1) is 9.00. The highest BCUT2D eigenvalue weighted by molar-refractivity contribution is 7.89. The van der Waals surface area contributed by atoms with Gasteiger partial charge in [0.15, 0.2) is 0 Å². The van der Waals surface area contributed by atoms with E-state index in [1.165, 1.54) is 36.7 Å². The molecule has 0 amide bonds. The van der Waals surface area contributed by atoms with E-state index < -0.39 is 15.8 Å². The molecule has 0 N–H and O–H groups in total. The molecule has 1 fully saturated rings. The fourth-order valence-corrected chi connectivity index (χ4v) is 3.68. The molecule has 19 heavy (non-hydrogen) atoms. The van der Waals surface area contributed by atoms with E-state index in [1.807, 2.05) is 0 Å². The Kier molecular flexibility index (Phi) is 4.19. The van der Waals surface area contributed by atoms with E-state index in [1.54, 1.807) is 0 Å². The molecule has 0 saturated carbocycles. The predicted octanol–water partition coefficient (Wildman–Crippen LogP) is 0.860. The number of rotatable bonds is 4. The first-order valence-electron chi connectivity index (χ1n) is 5.81. The first kappa shape index (κ1) is 14.4. The van der Waals surface area contributed by atoms with Gasteiger partial charge in [0.1, 0.15) is 10.7 Å². The molecule has 1 aromatic rings. The number of benzene rings is 1. The summed E-state index contributed by atoms with van der Waals surface area (Å²) in [6, 6.07) is 5.33. The Labute approximate surface area is 112 Å². The monoisotopic (exact) mass is 289 g/mol. The van der Waals surface area contributed by atoms with Crippen LogP contribution >= 0.6 is 0 Å². The van der Waals surface area contributed by atoms with Gasteiger partial charge in [-0.15, -0.1) is 0 Å². The number of hydrogen-bond donors (Lipinski definition) is 0. The summed E-state index contributed by atoms with van der Waals surface area (Å²) < 4.78 is 49.9. The van der Waals surface area contributed by atoms with Crippen LogP contribution in [0, 0.1) is 5.82 Å². The zero-order valence-electron chi connectivity index (χ0n) is 10.7. The summed E-state index contributed by atoms with van der Waals surface area (Å²) in [5, 5.41) is 0. The van der Waals surface area contributed by atoms with E-state index in [0.717, 1.165) is 6.07 Å². The topological polar surface area (TPSA) is 55.8 Å². The van der Waals surface area contributed by atoms with Gasteiger partial charge in [-0.3, -0.25) is 0 Å². The summed E-state index contributed by atoms with van der Waals surface area (Å²) >= 11 is 0. The van der Waals surface area contributed by atoms with E-state index >= 15 is 0 Å². The molecular formula is C12H16FNO4S. The van der Waals surface area contributed by atoms with E-state index in [0.29, 0.717) is 0 Å². The van der Waals surface area contributed by atoms with Gasteiger partial charge in [0.2, 0.25) is 10.0 Å². The summed E-state index contributed by atoms with van der Waals surface area (Å²) in [6.45, 7) is 0.317. The van der Waals surface area contributed by atoms with Crippen molar-refractivity contribution in [2.75, 3.05) is 27.3 Å². The molecule has 1 heterocycles. The highest BCUT2D eigenvalue weighted by Gasteiger charge is 2.40. The molecule has 2 atom stereocenters. The van der Waals surface area contributed by atoms with Crippen molar-refractivity contribution in [3.05, 3.63) is 30.1 Å². The lowest BCUT2D eigenvalue weighted by atomic mass is 10.3. The number of methoxy groups -OCH3 is 2. The summed E-state index contributed by atoms with van der Waals surface area (Å²) in [5.74, 6) is -0.752. The Hall–Kier alpha value is -1.02. The van der Waals surface area contributed by atoms with Gasteiger partial charge < -0.3 is 9.47 Å². The van der Waals surface area contributed by atoms with Crippen molar-refractivity contribution in [3.8, 4) is 0 Å². The van der Waals surface area contributed by atoms with Crippen LogP contribution in [0.4, 0.5) is 4.39 Å². The Balaban J connectivity index is 2.30. The second-order valence-electron chi connectivity index (χ2n) is 4.30. The second-order valence-corrected chi connectivity index (χ2v) is 6.21. The van der Waals surface area contributed by atoms with Gasteiger partial charge in [-0.2, -0.15) is 4.31 Å². The average Bonchev–Trinajstić information content (AvgIpc) is 2.83. The standard InChI is InChI=1S/C12H16FNO4S/c1-17-10-7-14(8-11(10)18-2)19(15,16)12-6-4-3-5-9(12)13/h3-6,10-11H,7-8H2,1-2H3/t10-,11+. The normalized spacial score (nSPS) is 24.8. The van der Waals surface area contributed by atoms with Crippen LogP contribution in [0.25, 0.3) is 0 Å². The van der Waals surface area contributed by atoms with Gasteiger partial charge in [-0.1, -0.05) is 12.1 Å². The number of halogens is 1. The molecule has 0 radical (unpaired) electrons. The third-order valence-corrected chi connectivity index (χ3v) is 5.11. The summed E-state index contributed by atoms with van der Waals surface area (Å²) in [4.78, 5) is -0.318. The van der Waals surface area contributed by atoms with Gasteiger partial charge in [0, 0.05) is 27.3 Å². The number of hydrogen-bond acceptors (Lipinski definition) is 4. The zero-order chi connectivity index (χ0) is 14.0. The van der Waals surface area contributed by atoms with Crippen molar-refractivity contribution < 1.29 is 22.3 Å². The largest absolute Gasteiger partial charge is 0.377 e. The minimum atomic E-state index is -3.86. The zero-order valence-corrected chi connectivity index (χ0v) is 11.6. The molecule has 106 valence electrons. The van der Waals surface area contributed by atoms with Crippen LogP contribution in [0.1, 0.15) is 0 Å². The maximum absolute atomic E-state index is 13.6. The molecular weight excluding hydrogens is 273 g/mol. The SMILES string of the molecule is CO[C@H]1CN(S(=O)(=O)c2ccccc2F)C[C@H]1OC. The Morgan fingerprint density at radius 2 is 1.68 bits per heavy atom. The summed E-state index contributed by atoms with van der Waals surface area (Å²) in [6.07, 6.45) is -0.682. The Bertz CT molecular complexity index is 536. The van der Waals surface area contributed by atoms with Gasteiger partial charge in [0.25, 0.3) is 0 Å². The fraction of sp³-hybridized carbons (Fsp3) is 0.500. The molecule has 0 aliphatic carbocycles. The molecule has 1 aliphatic heterocycles. The van der Waals surface area contributed by atoms with Crippen LogP contribution in [-0.4, -0.2) is 52.2 Å². The van der Waals surface area contributed by atoms with Gasteiger partial charge >= 0.3 is 0 Å². The van der Waals surface area contributed by atoms with Gasteiger partial charge in [-0.05, 0) is 12.1 Å². The summed E-state index contributed by atoms with van der Waals surface area (Å²) in [7, 11) is -0.865. The Morgan fingerprint density at radius 1 is 1.16 bits per heavy atom. The molecule has 5 nitrogen and oxygen atoms in total. The fourth-order valence-electron chi connectivity index (χ4n) is 2.15. The molecule has 0 unspecified atom stereocenters. The third kappa shape index (κ3) is 2.64. The third-order valence-electron chi connectivity index (χ3n) is 3.24. The van der Waals surface area contributed by atoms with Crippen molar-refractivity contribution in [2.45, 2.75) is 17.1 Å². The average molecular weight is 289 g/mol. The molecule has 0 spiro atoms. The second kappa shape index (κ2) is 5.54. The molecule has 1 saturated heterocycles. The van der Waals surface area contributed by atoms with Gasteiger partial charge in [0.05, 0.1) is 12.2 Å². The van der Waals surface area contributed by atoms with Gasteiger partial charge in [-0.25, -0.2) is 12.8 Å². The quantitative estimate of drug-likeness (QED) is 0.825. The lowest BCUT2D eigenvalue weighted by Gasteiger charge is -2.16. The van der Waals surface area contributed by atoms with E-state index in [9.17, 15) is 12.8 Å². The van der Waals surface area contributed by atoms with Crippen LogP contribution in [0.5, 0.6) is 0 Å². The highest BCUT2D eigenvalue weighted by Crippen LogP contribution is 2.25.